The highest BCUT2D eigenvalue weighted by atomic mass is 35.5. The number of aliphatic hydroxyl groups is 1. The number of aliphatic hydroxyl groups excluding tert-OH is 1. The monoisotopic (exact) mass is 316 g/mol. The van der Waals surface area contributed by atoms with Crippen molar-refractivity contribution in [3.63, 3.8) is 0 Å². The molecule has 122 valence electrons. The van der Waals surface area contributed by atoms with Gasteiger partial charge >= 0.3 is 0 Å². The Kier molecular flexibility index (Phi) is 5.92. The maximum Gasteiger partial charge on any atom is 0.233 e. The number of hydrogen-bond donors (Lipinski definition) is 3. The van der Waals surface area contributed by atoms with E-state index in [0.717, 1.165) is 24.3 Å². The van der Waals surface area contributed by atoms with Crippen LogP contribution in [0.5, 0.6) is 0 Å². The van der Waals surface area contributed by atoms with E-state index in [4.69, 9.17) is 5.11 Å². The number of nitrogens with one attached hydrogen (secondary N) is 2. The summed E-state index contributed by atoms with van der Waals surface area (Å²) in [6.07, 6.45) is 9.11. The van der Waals surface area contributed by atoms with Crippen LogP contribution < -0.4 is 10.6 Å². The molecular weight excluding hydrogens is 288 g/mol. The average Bonchev–Trinajstić information content (AvgIpc) is 2.40. The standard InChI is InChI=1S/C16H28N2O2.ClH/c19-3-1-2-17-10-15(20)18-11-16-7-12-4-13(8-16)6-14(5-12)9-16;/h12-14,17,19H,1-11H2,(H,18,20);1H. The summed E-state index contributed by atoms with van der Waals surface area (Å²) in [7, 11) is 0. The molecule has 0 aromatic rings. The Morgan fingerprint density at radius 1 is 1.10 bits per heavy atom. The first-order valence-electron chi connectivity index (χ1n) is 8.27. The number of hydrogen-bond acceptors (Lipinski definition) is 3. The quantitative estimate of drug-likeness (QED) is 0.627. The Hall–Kier alpha value is -0.320. The molecular formula is C16H29ClN2O2. The van der Waals surface area contributed by atoms with Crippen LogP contribution in [0.2, 0.25) is 0 Å². The summed E-state index contributed by atoms with van der Waals surface area (Å²) in [4.78, 5) is 11.9. The van der Waals surface area contributed by atoms with Gasteiger partial charge in [0.1, 0.15) is 0 Å². The fraction of sp³-hybridized carbons (Fsp3) is 0.938. The van der Waals surface area contributed by atoms with E-state index >= 15 is 0 Å². The molecule has 0 aliphatic heterocycles. The largest absolute Gasteiger partial charge is 0.396 e. The minimum atomic E-state index is 0. The lowest BCUT2D eigenvalue weighted by Gasteiger charge is -2.56. The van der Waals surface area contributed by atoms with Gasteiger partial charge in [0.25, 0.3) is 0 Å². The summed E-state index contributed by atoms with van der Waals surface area (Å²) in [6.45, 7) is 2.16. The molecule has 4 aliphatic carbocycles. The minimum Gasteiger partial charge on any atom is -0.396 e. The fourth-order valence-corrected chi connectivity index (χ4v) is 5.26. The predicted molar refractivity (Wildman–Crippen MR) is 85.4 cm³/mol. The van der Waals surface area contributed by atoms with E-state index in [2.05, 4.69) is 10.6 Å². The summed E-state index contributed by atoms with van der Waals surface area (Å²) >= 11 is 0. The smallest absolute Gasteiger partial charge is 0.233 e. The first-order chi connectivity index (χ1) is 9.69. The van der Waals surface area contributed by atoms with E-state index in [0.29, 0.717) is 24.9 Å². The van der Waals surface area contributed by atoms with Gasteiger partial charge < -0.3 is 15.7 Å². The SMILES string of the molecule is Cl.O=C(CNCCCO)NCC12CC3CC(CC(C3)C1)C2. The summed E-state index contributed by atoms with van der Waals surface area (Å²) < 4.78 is 0. The third kappa shape index (κ3) is 4.11. The highest BCUT2D eigenvalue weighted by Crippen LogP contribution is 2.59. The normalized spacial score (nSPS) is 36.3. The first kappa shape index (κ1) is 17.0. The van der Waals surface area contributed by atoms with Gasteiger partial charge in [-0.3, -0.25) is 4.79 Å². The van der Waals surface area contributed by atoms with Crippen molar-refractivity contribution in [1.29, 1.82) is 0 Å². The van der Waals surface area contributed by atoms with Gasteiger partial charge in [-0.1, -0.05) is 0 Å². The van der Waals surface area contributed by atoms with Gasteiger partial charge in [-0.2, -0.15) is 0 Å². The zero-order valence-corrected chi connectivity index (χ0v) is 13.6. The highest BCUT2D eigenvalue weighted by molar-refractivity contribution is 5.85. The maximum atomic E-state index is 11.9. The van der Waals surface area contributed by atoms with Crippen molar-refractivity contribution < 1.29 is 9.90 Å². The maximum absolute atomic E-state index is 11.9. The molecule has 0 heterocycles. The lowest BCUT2D eigenvalue weighted by atomic mass is 9.49. The minimum absolute atomic E-state index is 0. The summed E-state index contributed by atoms with van der Waals surface area (Å²) in [5.74, 6) is 2.95. The van der Waals surface area contributed by atoms with Crippen molar-refractivity contribution in [2.45, 2.75) is 44.9 Å². The van der Waals surface area contributed by atoms with E-state index in [-0.39, 0.29) is 24.9 Å². The number of carbonyl (C=O) groups is 1. The molecule has 0 spiro atoms. The van der Waals surface area contributed by atoms with Crippen LogP contribution in [0.1, 0.15) is 44.9 Å². The van der Waals surface area contributed by atoms with Gasteiger partial charge in [0.05, 0.1) is 6.54 Å². The zero-order valence-electron chi connectivity index (χ0n) is 12.8. The third-order valence-corrected chi connectivity index (χ3v) is 5.62. The summed E-state index contributed by atoms with van der Waals surface area (Å²) in [6, 6.07) is 0. The van der Waals surface area contributed by atoms with Gasteiger partial charge in [0, 0.05) is 13.2 Å². The van der Waals surface area contributed by atoms with Crippen LogP contribution in [0, 0.1) is 23.2 Å². The van der Waals surface area contributed by atoms with Gasteiger partial charge in [-0.15, -0.1) is 12.4 Å². The second-order valence-electron chi connectivity index (χ2n) is 7.45. The number of carbonyl (C=O) groups excluding carboxylic acids is 1. The average molecular weight is 317 g/mol. The molecule has 0 saturated heterocycles. The van der Waals surface area contributed by atoms with E-state index < -0.39 is 0 Å². The molecule has 0 aromatic heterocycles. The highest BCUT2D eigenvalue weighted by Gasteiger charge is 2.50. The second kappa shape index (κ2) is 7.30. The molecule has 5 heteroatoms. The molecule has 0 unspecified atom stereocenters. The van der Waals surface area contributed by atoms with Gasteiger partial charge in [-0.25, -0.2) is 0 Å². The van der Waals surface area contributed by atoms with Crippen molar-refractivity contribution in [2.24, 2.45) is 23.2 Å². The Labute approximate surface area is 133 Å². The fourth-order valence-electron chi connectivity index (χ4n) is 5.26. The van der Waals surface area contributed by atoms with Crippen molar-refractivity contribution in [3.8, 4) is 0 Å². The number of amides is 1. The molecule has 4 fully saturated rings. The van der Waals surface area contributed by atoms with Crippen LogP contribution in [-0.4, -0.2) is 37.3 Å². The van der Waals surface area contributed by atoms with E-state index in [1.165, 1.54) is 38.5 Å². The third-order valence-electron chi connectivity index (χ3n) is 5.62. The zero-order chi connectivity index (χ0) is 14.0. The molecule has 4 saturated carbocycles. The van der Waals surface area contributed by atoms with Gasteiger partial charge in [0.15, 0.2) is 0 Å². The van der Waals surface area contributed by atoms with Crippen LogP contribution in [0.4, 0.5) is 0 Å². The lowest BCUT2D eigenvalue weighted by Crippen LogP contribution is -2.51. The van der Waals surface area contributed by atoms with Crippen LogP contribution in [0.3, 0.4) is 0 Å². The lowest BCUT2D eigenvalue weighted by molar-refractivity contribution is -0.122. The summed E-state index contributed by atoms with van der Waals surface area (Å²) in [5, 5.41) is 14.9. The molecule has 0 atom stereocenters. The van der Waals surface area contributed by atoms with E-state index in [1.54, 1.807) is 0 Å². The van der Waals surface area contributed by atoms with Crippen molar-refractivity contribution in [2.75, 3.05) is 26.2 Å². The van der Waals surface area contributed by atoms with Crippen LogP contribution in [-0.2, 0) is 4.79 Å². The van der Waals surface area contributed by atoms with Gasteiger partial charge in [0.2, 0.25) is 5.91 Å². The molecule has 4 bridgehead atoms. The molecule has 0 radical (unpaired) electrons. The number of rotatable bonds is 7. The Morgan fingerprint density at radius 2 is 1.67 bits per heavy atom. The molecule has 3 N–H and O–H groups in total. The van der Waals surface area contributed by atoms with Crippen molar-refractivity contribution in [3.05, 3.63) is 0 Å². The van der Waals surface area contributed by atoms with Gasteiger partial charge in [-0.05, 0) is 74.7 Å². The van der Waals surface area contributed by atoms with Crippen LogP contribution in [0.25, 0.3) is 0 Å². The van der Waals surface area contributed by atoms with E-state index in [1.807, 2.05) is 0 Å². The molecule has 21 heavy (non-hydrogen) atoms. The molecule has 0 aromatic carbocycles. The first-order valence-corrected chi connectivity index (χ1v) is 8.27. The molecule has 4 rings (SSSR count). The second-order valence-corrected chi connectivity index (χ2v) is 7.45. The van der Waals surface area contributed by atoms with Crippen LogP contribution in [0.15, 0.2) is 0 Å². The Bertz CT molecular complexity index is 327. The Balaban J connectivity index is 0.00000161. The Morgan fingerprint density at radius 3 is 2.19 bits per heavy atom. The molecule has 1 amide bonds. The molecule has 4 aliphatic rings. The molecule has 4 nitrogen and oxygen atoms in total. The topological polar surface area (TPSA) is 61.4 Å². The van der Waals surface area contributed by atoms with Crippen molar-refractivity contribution >= 4 is 18.3 Å². The van der Waals surface area contributed by atoms with E-state index in [9.17, 15) is 4.79 Å². The number of halogens is 1. The summed E-state index contributed by atoms with van der Waals surface area (Å²) in [5.41, 5.74) is 0.426. The van der Waals surface area contributed by atoms with Crippen molar-refractivity contribution in [1.82, 2.24) is 10.6 Å². The predicted octanol–water partition coefficient (Wildman–Crippen LogP) is 1.71. The van der Waals surface area contributed by atoms with Crippen LogP contribution >= 0.6 is 12.4 Å².